The van der Waals surface area contributed by atoms with E-state index < -0.39 is 37.3 Å². The molecule has 1 fully saturated rings. The second-order valence-corrected chi connectivity index (χ2v) is 13.2. The summed E-state index contributed by atoms with van der Waals surface area (Å²) in [6.45, 7) is 4.45. The van der Waals surface area contributed by atoms with Crippen molar-refractivity contribution in [3.05, 3.63) is 0 Å². The van der Waals surface area contributed by atoms with E-state index in [9.17, 15) is 25.2 Å². The first-order valence-corrected chi connectivity index (χ1v) is 18.6. The molecule has 0 aliphatic carbocycles. The Balaban J connectivity index is 2.33. The van der Waals surface area contributed by atoms with Gasteiger partial charge in [0.2, 0.25) is 5.91 Å². The first-order valence-electron chi connectivity index (χ1n) is 18.6. The number of amides is 1. The monoisotopic (exact) mass is 614 g/mol. The Morgan fingerprint density at radius 1 is 0.535 bits per heavy atom. The predicted octanol–water partition coefficient (Wildman–Crippen LogP) is 7.80. The van der Waals surface area contributed by atoms with Crippen molar-refractivity contribution in [2.75, 3.05) is 13.2 Å². The normalized spacial score (nSPS) is 22.2. The van der Waals surface area contributed by atoms with E-state index >= 15 is 0 Å². The maximum absolute atomic E-state index is 13.3. The molecule has 1 unspecified atom stereocenters. The molecule has 0 bridgehead atoms. The van der Waals surface area contributed by atoms with Gasteiger partial charge in [-0.2, -0.15) is 0 Å². The molecule has 4 N–H and O–H groups in total. The van der Waals surface area contributed by atoms with Gasteiger partial charge in [-0.3, -0.25) is 4.79 Å². The van der Waals surface area contributed by atoms with Gasteiger partial charge in [0.15, 0.2) is 6.23 Å². The summed E-state index contributed by atoms with van der Waals surface area (Å²) in [5, 5.41) is 40.9. The molecule has 0 aromatic heterocycles. The molecular weight excluding hydrogens is 542 g/mol. The lowest BCUT2D eigenvalue weighted by Gasteiger charge is -2.44. The summed E-state index contributed by atoms with van der Waals surface area (Å²) in [5.74, 6) is -0.0896. The highest BCUT2D eigenvalue weighted by atomic mass is 16.6. The zero-order valence-electron chi connectivity index (χ0n) is 28.2. The van der Waals surface area contributed by atoms with E-state index in [1.807, 2.05) is 0 Å². The number of aliphatic hydroxyl groups excluding tert-OH is 4. The average molecular weight is 614 g/mol. The van der Waals surface area contributed by atoms with Crippen molar-refractivity contribution in [2.24, 2.45) is 0 Å². The molecular formula is C36H71NO6. The topological polar surface area (TPSA) is 110 Å². The molecule has 1 aliphatic heterocycles. The van der Waals surface area contributed by atoms with Gasteiger partial charge in [0.05, 0.1) is 6.61 Å². The molecule has 1 aliphatic rings. The van der Waals surface area contributed by atoms with Crippen molar-refractivity contribution in [1.29, 1.82) is 0 Å². The maximum atomic E-state index is 13.3. The molecule has 7 nitrogen and oxygen atoms in total. The van der Waals surface area contributed by atoms with Gasteiger partial charge in [-0.1, -0.05) is 162 Å². The average Bonchev–Trinajstić information content (AvgIpc) is 3.01. The summed E-state index contributed by atoms with van der Waals surface area (Å²) >= 11 is 0. The second-order valence-electron chi connectivity index (χ2n) is 13.2. The van der Waals surface area contributed by atoms with Crippen molar-refractivity contribution in [1.82, 2.24) is 4.90 Å². The maximum Gasteiger partial charge on any atom is 0.224 e. The zero-order chi connectivity index (χ0) is 31.5. The van der Waals surface area contributed by atoms with Crippen LogP contribution in [0, 0.1) is 0 Å². The minimum Gasteiger partial charge on any atom is -0.394 e. The van der Waals surface area contributed by atoms with E-state index in [1.165, 1.54) is 122 Å². The van der Waals surface area contributed by atoms with Crippen LogP contribution < -0.4 is 0 Å². The summed E-state index contributed by atoms with van der Waals surface area (Å²) in [4.78, 5) is 14.9. The largest absolute Gasteiger partial charge is 0.394 e. The van der Waals surface area contributed by atoms with Gasteiger partial charge < -0.3 is 30.1 Å². The molecule has 1 amide bonds. The number of hydrogen-bond acceptors (Lipinski definition) is 6. The third-order valence-corrected chi connectivity index (χ3v) is 9.24. The highest BCUT2D eigenvalue weighted by molar-refractivity contribution is 5.76. The number of ether oxygens (including phenoxy) is 1. The molecule has 5 atom stereocenters. The summed E-state index contributed by atoms with van der Waals surface area (Å²) in [6, 6.07) is 0. The quantitative estimate of drug-likeness (QED) is 0.0641. The highest BCUT2D eigenvalue weighted by Crippen LogP contribution is 2.25. The van der Waals surface area contributed by atoms with Crippen molar-refractivity contribution in [2.45, 2.75) is 211 Å². The number of unbranched alkanes of at least 4 members (excludes halogenated alkanes) is 23. The Hall–Kier alpha value is -0.730. The second kappa shape index (κ2) is 27.6. The van der Waals surface area contributed by atoms with Gasteiger partial charge in [-0.05, 0) is 12.8 Å². The minimum absolute atomic E-state index is 0.0896. The number of rotatable bonds is 29. The predicted molar refractivity (Wildman–Crippen MR) is 177 cm³/mol. The van der Waals surface area contributed by atoms with Crippen LogP contribution in [-0.4, -0.2) is 75.0 Å². The Kier molecular flexibility index (Phi) is 25.8. The van der Waals surface area contributed by atoms with E-state index in [0.29, 0.717) is 13.0 Å². The summed E-state index contributed by atoms with van der Waals surface area (Å²) in [6.07, 6.45) is 25.0. The number of carbonyl (C=O) groups is 1. The van der Waals surface area contributed by atoms with Gasteiger partial charge >= 0.3 is 0 Å². The van der Waals surface area contributed by atoms with Crippen molar-refractivity contribution in [3.63, 3.8) is 0 Å². The first-order chi connectivity index (χ1) is 21.0. The van der Waals surface area contributed by atoms with Crippen LogP contribution >= 0.6 is 0 Å². The molecule has 1 rings (SSSR count). The molecule has 1 saturated heterocycles. The third-order valence-electron chi connectivity index (χ3n) is 9.24. The number of aliphatic hydroxyl groups is 4. The van der Waals surface area contributed by atoms with Gasteiger partial charge in [0.25, 0.3) is 0 Å². The van der Waals surface area contributed by atoms with Gasteiger partial charge in [0.1, 0.15) is 24.4 Å². The van der Waals surface area contributed by atoms with Crippen LogP contribution in [0.25, 0.3) is 0 Å². The third kappa shape index (κ3) is 18.7. The SMILES string of the molecule is CCCCCCCCCCCCCCCCCCN(C(=O)CCCCCCCCCCC)C1O[C@H](CO)[C@@H](O)[C@H](O)[C@@H]1O. The van der Waals surface area contributed by atoms with Crippen molar-refractivity contribution >= 4 is 5.91 Å². The molecule has 0 radical (unpaired) electrons. The van der Waals surface area contributed by atoms with E-state index in [-0.39, 0.29) is 5.91 Å². The zero-order valence-corrected chi connectivity index (χ0v) is 28.2. The van der Waals surface area contributed by atoms with Crippen LogP contribution in [0.5, 0.6) is 0 Å². The van der Waals surface area contributed by atoms with E-state index in [2.05, 4.69) is 13.8 Å². The fourth-order valence-electron chi connectivity index (χ4n) is 6.29. The molecule has 1 heterocycles. The number of carbonyl (C=O) groups excluding carboxylic acids is 1. The first kappa shape index (κ1) is 40.3. The molecule has 0 spiro atoms. The molecule has 0 saturated carbocycles. The lowest BCUT2D eigenvalue weighted by Crippen LogP contribution is -2.64. The smallest absolute Gasteiger partial charge is 0.224 e. The van der Waals surface area contributed by atoms with E-state index in [1.54, 1.807) is 4.90 Å². The summed E-state index contributed by atoms with van der Waals surface area (Å²) in [7, 11) is 0. The Bertz CT molecular complexity index is 633. The molecule has 7 heteroatoms. The lowest BCUT2D eigenvalue weighted by molar-refractivity contribution is -0.262. The van der Waals surface area contributed by atoms with Gasteiger partial charge in [0, 0.05) is 13.0 Å². The number of nitrogens with zero attached hydrogens (tertiary/aromatic N) is 1. The standard InChI is InChI=1S/C36H71NO6/c1-3-5-7-9-11-13-14-15-16-17-18-19-21-23-25-27-29-37(36-35(42)34(41)33(40)31(30-38)43-36)32(39)28-26-24-22-20-12-10-8-6-4-2/h31,33-36,38,40-42H,3-30H2,1-2H3/t31-,33-,34+,35+,36?/m1/s1. The highest BCUT2D eigenvalue weighted by Gasteiger charge is 2.46. The Morgan fingerprint density at radius 3 is 1.30 bits per heavy atom. The molecule has 0 aromatic rings. The van der Waals surface area contributed by atoms with Crippen molar-refractivity contribution < 1.29 is 30.0 Å². The Labute approximate surface area is 265 Å². The minimum atomic E-state index is -1.47. The van der Waals surface area contributed by atoms with Crippen LogP contribution in [0.4, 0.5) is 0 Å². The van der Waals surface area contributed by atoms with E-state index in [0.717, 1.165) is 38.5 Å². The van der Waals surface area contributed by atoms with Crippen LogP contribution in [-0.2, 0) is 9.53 Å². The van der Waals surface area contributed by atoms with E-state index in [4.69, 9.17) is 4.74 Å². The lowest BCUT2D eigenvalue weighted by atomic mass is 9.97. The molecule has 43 heavy (non-hydrogen) atoms. The van der Waals surface area contributed by atoms with Crippen LogP contribution in [0.2, 0.25) is 0 Å². The van der Waals surface area contributed by atoms with Crippen LogP contribution in [0.3, 0.4) is 0 Å². The summed E-state index contributed by atoms with van der Waals surface area (Å²) in [5.41, 5.74) is 0. The summed E-state index contributed by atoms with van der Waals surface area (Å²) < 4.78 is 5.78. The number of hydrogen-bond donors (Lipinski definition) is 4. The van der Waals surface area contributed by atoms with Gasteiger partial charge in [-0.25, -0.2) is 0 Å². The fourth-order valence-corrected chi connectivity index (χ4v) is 6.29. The molecule has 0 aromatic carbocycles. The molecule has 256 valence electrons. The Morgan fingerprint density at radius 2 is 0.907 bits per heavy atom. The van der Waals surface area contributed by atoms with Crippen LogP contribution in [0.15, 0.2) is 0 Å². The fraction of sp³-hybridized carbons (Fsp3) is 0.972. The van der Waals surface area contributed by atoms with Crippen LogP contribution in [0.1, 0.15) is 181 Å². The van der Waals surface area contributed by atoms with Gasteiger partial charge in [-0.15, -0.1) is 0 Å². The van der Waals surface area contributed by atoms with Crippen molar-refractivity contribution in [3.8, 4) is 0 Å².